The second-order valence-electron chi connectivity index (χ2n) is 2.95. The fourth-order valence-electron chi connectivity index (χ4n) is 1.11. The quantitative estimate of drug-likeness (QED) is 0.868. The molecule has 1 aromatic heterocycles. The maximum Gasteiger partial charge on any atom is 0.123 e. The first-order valence-electron chi connectivity index (χ1n) is 4.39. The minimum atomic E-state index is 0.526. The maximum absolute atomic E-state index is 6.04. The highest BCUT2D eigenvalue weighted by Crippen LogP contribution is 2.32. The fraction of sp³-hybridized carbons (Fsp3) is 0. The van der Waals surface area contributed by atoms with Crippen LogP contribution in [0.4, 0.5) is 5.82 Å². The van der Waals surface area contributed by atoms with Crippen LogP contribution >= 0.6 is 23.4 Å². The molecule has 0 aliphatic heterocycles. The van der Waals surface area contributed by atoms with E-state index in [1.807, 2.05) is 30.3 Å². The molecule has 0 amide bonds. The molecule has 0 bridgehead atoms. The lowest BCUT2D eigenvalue weighted by Crippen LogP contribution is -1.87. The Labute approximate surface area is 97.5 Å². The molecule has 15 heavy (non-hydrogen) atoms. The number of halogens is 1. The molecule has 0 saturated heterocycles. The number of hydrogen-bond donors (Lipinski definition) is 1. The van der Waals surface area contributed by atoms with Crippen molar-refractivity contribution in [3.05, 3.63) is 47.6 Å². The summed E-state index contributed by atoms with van der Waals surface area (Å²) in [5.41, 5.74) is 5.50. The summed E-state index contributed by atoms with van der Waals surface area (Å²) >= 11 is 7.61. The second-order valence-corrected chi connectivity index (χ2v) is 4.47. The Morgan fingerprint density at radius 2 is 1.93 bits per heavy atom. The topological polar surface area (TPSA) is 38.9 Å². The van der Waals surface area contributed by atoms with Crippen LogP contribution in [0.15, 0.2) is 52.4 Å². The number of nitrogens with two attached hydrogens (primary N) is 1. The molecular formula is C11H9ClN2S. The first-order valence-corrected chi connectivity index (χ1v) is 5.59. The van der Waals surface area contributed by atoms with Crippen LogP contribution in [0.5, 0.6) is 0 Å². The molecular weight excluding hydrogens is 228 g/mol. The average Bonchev–Trinajstić information content (AvgIpc) is 2.25. The van der Waals surface area contributed by atoms with Gasteiger partial charge in [0.1, 0.15) is 5.82 Å². The van der Waals surface area contributed by atoms with E-state index < -0.39 is 0 Å². The van der Waals surface area contributed by atoms with Gasteiger partial charge in [-0.25, -0.2) is 4.98 Å². The van der Waals surface area contributed by atoms with Crippen molar-refractivity contribution in [3.63, 3.8) is 0 Å². The lowest BCUT2D eigenvalue weighted by Gasteiger charge is -2.03. The van der Waals surface area contributed by atoms with E-state index >= 15 is 0 Å². The molecule has 0 aliphatic carbocycles. The van der Waals surface area contributed by atoms with E-state index in [4.69, 9.17) is 17.3 Å². The van der Waals surface area contributed by atoms with Gasteiger partial charge in [0.2, 0.25) is 0 Å². The molecule has 0 aliphatic rings. The highest BCUT2D eigenvalue weighted by Gasteiger charge is 2.01. The molecule has 4 heteroatoms. The van der Waals surface area contributed by atoms with Crippen LogP contribution in [0, 0.1) is 0 Å². The van der Waals surface area contributed by atoms with Gasteiger partial charge in [-0.1, -0.05) is 35.5 Å². The van der Waals surface area contributed by atoms with Gasteiger partial charge in [0.25, 0.3) is 0 Å². The Balaban J connectivity index is 2.22. The molecule has 76 valence electrons. The van der Waals surface area contributed by atoms with Crippen molar-refractivity contribution in [2.75, 3.05) is 5.73 Å². The van der Waals surface area contributed by atoms with Gasteiger partial charge in [0.15, 0.2) is 0 Å². The highest BCUT2D eigenvalue weighted by molar-refractivity contribution is 7.99. The third-order valence-corrected chi connectivity index (χ3v) is 3.32. The standard InChI is InChI=1S/C11H9ClN2S/c12-9-3-1-2-4-10(9)15-8-5-6-11(13)14-7-8/h1-7H,(H2,13,14). The van der Waals surface area contributed by atoms with Crippen molar-refractivity contribution in [3.8, 4) is 0 Å². The van der Waals surface area contributed by atoms with Gasteiger partial charge in [-0.05, 0) is 24.3 Å². The molecule has 1 heterocycles. The Hall–Kier alpha value is -1.19. The minimum Gasteiger partial charge on any atom is -0.384 e. The summed E-state index contributed by atoms with van der Waals surface area (Å²) in [5, 5.41) is 0.749. The first-order chi connectivity index (χ1) is 7.25. The van der Waals surface area contributed by atoms with Crippen molar-refractivity contribution in [1.29, 1.82) is 0 Å². The predicted octanol–water partition coefficient (Wildman–Crippen LogP) is 3.47. The van der Waals surface area contributed by atoms with Gasteiger partial charge >= 0.3 is 0 Å². The van der Waals surface area contributed by atoms with Crippen LogP contribution in [-0.4, -0.2) is 4.98 Å². The molecule has 1 aromatic carbocycles. The minimum absolute atomic E-state index is 0.526. The number of nitrogens with zero attached hydrogens (tertiary/aromatic N) is 1. The predicted molar refractivity (Wildman–Crippen MR) is 64.2 cm³/mol. The van der Waals surface area contributed by atoms with Crippen LogP contribution in [0.3, 0.4) is 0 Å². The Morgan fingerprint density at radius 3 is 2.60 bits per heavy atom. The lowest BCUT2D eigenvalue weighted by molar-refractivity contribution is 1.24. The largest absolute Gasteiger partial charge is 0.384 e. The van der Waals surface area contributed by atoms with Crippen LogP contribution < -0.4 is 5.73 Å². The number of anilines is 1. The molecule has 0 unspecified atom stereocenters. The number of aromatic nitrogens is 1. The summed E-state index contributed by atoms with van der Waals surface area (Å²) in [7, 11) is 0. The molecule has 2 nitrogen and oxygen atoms in total. The summed E-state index contributed by atoms with van der Waals surface area (Å²) < 4.78 is 0. The Bertz CT molecular complexity index is 456. The number of nitrogen functional groups attached to an aromatic ring is 1. The summed E-state index contributed by atoms with van der Waals surface area (Å²) in [5.74, 6) is 0.526. The van der Waals surface area contributed by atoms with E-state index in [9.17, 15) is 0 Å². The van der Waals surface area contributed by atoms with E-state index in [0.29, 0.717) is 5.82 Å². The van der Waals surface area contributed by atoms with E-state index in [1.165, 1.54) is 0 Å². The number of hydrogen-bond acceptors (Lipinski definition) is 3. The Kier molecular flexibility index (Phi) is 3.14. The van der Waals surface area contributed by atoms with Crippen molar-refractivity contribution >= 4 is 29.2 Å². The van der Waals surface area contributed by atoms with Crippen LogP contribution in [0.25, 0.3) is 0 Å². The van der Waals surface area contributed by atoms with E-state index in [2.05, 4.69) is 4.98 Å². The third-order valence-electron chi connectivity index (χ3n) is 1.82. The number of benzene rings is 1. The molecule has 0 spiro atoms. The first kappa shape index (κ1) is 10.3. The zero-order chi connectivity index (χ0) is 10.7. The van der Waals surface area contributed by atoms with Gasteiger partial charge in [0, 0.05) is 16.0 Å². The molecule has 0 atom stereocenters. The third kappa shape index (κ3) is 2.64. The normalized spacial score (nSPS) is 10.2. The smallest absolute Gasteiger partial charge is 0.123 e. The fourth-order valence-corrected chi connectivity index (χ4v) is 2.17. The monoisotopic (exact) mass is 236 g/mol. The molecule has 2 rings (SSSR count). The maximum atomic E-state index is 6.04. The second kappa shape index (κ2) is 4.55. The summed E-state index contributed by atoms with van der Waals surface area (Å²) in [4.78, 5) is 6.06. The average molecular weight is 237 g/mol. The molecule has 0 fully saturated rings. The van der Waals surface area contributed by atoms with Crippen molar-refractivity contribution in [2.45, 2.75) is 9.79 Å². The van der Waals surface area contributed by atoms with E-state index in [0.717, 1.165) is 14.8 Å². The summed E-state index contributed by atoms with van der Waals surface area (Å²) in [6.45, 7) is 0. The molecule has 2 N–H and O–H groups in total. The van der Waals surface area contributed by atoms with Gasteiger partial charge in [0.05, 0.1) is 5.02 Å². The number of pyridine rings is 1. The zero-order valence-corrected chi connectivity index (χ0v) is 9.42. The van der Waals surface area contributed by atoms with Gasteiger partial charge in [-0.15, -0.1) is 0 Å². The SMILES string of the molecule is Nc1ccc(Sc2ccccc2Cl)cn1. The highest BCUT2D eigenvalue weighted by atomic mass is 35.5. The van der Waals surface area contributed by atoms with Gasteiger partial charge < -0.3 is 5.73 Å². The van der Waals surface area contributed by atoms with Gasteiger partial charge in [-0.2, -0.15) is 0 Å². The summed E-state index contributed by atoms with van der Waals surface area (Å²) in [6, 6.07) is 11.4. The van der Waals surface area contributed by atoms with E-state index in [1.54, 1.807) is 24.0 Å². The van der Waals surface area contributed by atoms with Crippen molar-refractivity contribution in [2.24, 2.45) is 0 Å². The van der Waals surface area contributed by atoms with E-state index in [-0.39, 0.29) is 0 Å². The number of rotatable bonds is 2. The van der Waals surface area contributed by atoms with Crippen LogP contribution in [0.1, 0.15) is 0 Å². The Morgan fingerprint density at radius 1 is 1.13 bits per heavy atom. The molecule has 0 saturated carbocycles. The van der Waals surface area contributed by atoms with Gasteiger partial charge in [-0.3, -0.25) is 0 Å². The summed E-state index contributed by atoms with van der Waals surface area (Å²) in [6.07, 6.45) is 1.74. The molecule has 0 radical (unpaired) electrons. The molecule has 2 aromatic rings. The van der Waals surface area contributed by atoms with Crippen molar-refractivity contribution in [1.82, 2.24) is 4.98 Å². The van der Waals surface area contributed by atoms with Crippen LogP contribution in [0.2, 0.25) is 5.02 Å². The lowest BCUT2D eigenvalue weighted by atomic mass is 10.4. The zero-order valence-electron chi connectivity index (χ0n) is 7.85. The van der Waals surface area contributed by atoms with Crippen LogP contribution in [-0.2, 0) is 0 Å². The van der Waals surface area contributed by atoms with Crippen molar-refractivity contribution < 1.29 is 0 Å².